The van der Waals surface area contributed by atoms with Gasteiger partial charge in [0.25, 0.3) is 5.91 Å². The molecule has 1 amide bonds. The van der Waals surface area contributed by atoms with Gasteiger partial charge in [-0.15, -0.1) is 0 Å². The van der Waals surface area contributed by atoms with E-state index in [1.54, 1.807) is 13.0 Å². The van der Waals surface area contributed by atoms with Crippen LogP contribution in [0.1, 0.15) is 35.5 Å². The van der Waals surface area contributed by atoms with Crippen LogP contribution < -0.4 is 10.6 Å². The molecule has 0 saturated heterocycles. The molecule has 0 radical (unpaired) electrons. The summed E-state index contributed by atoms with van der Waals surface area (Å²) in [5, 5.41) is 9.71. The number of nitrogens with zero attached hydrogens (tertiary/aromatic N) is 3. The summed E-state index contributed by atoms with van der Waals surface area (Å²) in [5.41, 5.74) is 0.389. The predicted octanol–water partition coefficient (Wildman–Crippen LogP) is 1.57. The Hall–Kier alpha value is -2.44. The molecule has 2 N–H and O–H groups in total. The van der Waals surface area contributed by atoms with Gasteiger partial charge in [-0.2, -0.15) is 4.98 Å². The molecule has 0 fully saturated rings. The fourth-order valence-corrected chi connectivity index (χ4v) is 1.73. The van der Waals surface area contributed by atoms with Gasteiger partial charge < -0.3 is 15.2 Å². The topological polar surface area (TPSA) is 92.9 Å². The Kier molecular flexibility index (Phi) is 5.25. The van der Waals surface area contributed by atoms with Crippen molar-refractivity contribution in [2.45, 2.75) is 26.7 Å². The molecule has 0 bridgehead atoms. The number of carbonyl (C=O) groups is 1. The SMILES string of the molecule is CCCNc1cccc(C(=O)NCCc2noc(C)n2)n1. The molecule has 2 aromatic rings. The lowest BCUT2D eigenvalue weighted by Crippen LogP contribution is -2.27. The fraction of sp³-hybridized carbons (Fsp3) is 0.429. The van der Waals surface area contributed by atoms with Gasteiger partial charge in [0, 0.05) is 26.4 Å². The molecular weight excluding hydrogens is 270 g/mol. The molecule has 0 aliphatic heterocycles. The highest BCUT2D eigenvalue weighted by atomic mass is 16.5. The third-order valence-electron chi connectivity index (χ3n) is 2.74. The third-order valence-corrected chi connectivity index (χ3v) is 2.74. The maximum atomic E-state index is 12.0. The van der Waals surface area contributed by atoms with Gasteiger partial charge in [-0.25, -0.2) is 4.98 Å². The maximum absolute atomic E-state index is 12.0. The number of anilines is 1. The highest BCUT2D eigenvalue weighted by Crippen LogP contribution is 2.05. The van der Waals surface area contributed by atoms with E-state index in [1.807, 2.05) is 12.1 Å². The first-order valence-electron chi connectivity index (χ1n) is 6.97. The minimum absolute atomic E-state index is 0.213. The molecule has 7 heteroatoms. The van der Waals surface area contributed by atoms with Gasteiger partial charge in [-0.1, -0.05) is 18.1 Å². The molecular formula is C14H19N5O2. The molecule has 2 rings (SSSR count). The lowest BCUT2D eigenvalue weighted by Gasteiger charge is -2.06. The largest absolute Gasteiger partial charge is 0.370 e. The van der Waals surface area contributed by atoms with Crippen LogP contribution in [0.5, 0.6) is 0 Å². The lowest BCUT2D eigenvalue weighted by atomic mass is 10.3. The normalized spacial score (nSPS) is 10.4. The number of aromatic nitrogens is 3. The highest BCUT2D eigenvalue weighted by Gasteiger charge is 2.08. The van der Waals surface area contributed by atoms with Gasteiger partial charge in [-0.05, 0) is 18.6 Å². The minimum Gasteiger partial charge on any atom is -0.370 e. The van der Waals surface area contributed by atoms with Crippen LogP contribution >= 0.6 is 0 Å². The number of pyridine rings is 1. The third kappa shape index (κ3) is 4.55. The molecule has 21 heavy (non-hydrogen) atoms. The van der Waals surface area contributed by atoms with Crippen LogP contribution in [-0.2, 0) is 6.42 Å². The zero-order chi connectivity index (χ0) is 15.1. The number of hydrogen-bond acceptors (Lipinski definition) is 6. The molecule has 7 nitrogen and oxygen atoms in total. The van der Waals surface area contributed by atoms with Crippen molar-refractivity contribution in [2.24, 2.45) is 0 Å². The van der Waals surface area contributed by atoms with E-state index in [4.69, 9.17) is 4.52 Å². The zero-order valence-corrected chi connectivity index (χ0v) is 12.2. The molecule has 0 aliphatic rings. The van der Waals surface area contributed by atoms with E-state index in [9.17, 15) is 4.79 Å². The average molecular weight is 289 g/mol. The first-order valence-corrected chi connectivity index (χ1v) is 6.97. The van der Waals surface area contributed by atoms with Crippen molar-refractivity contribution in [3.05, 3.63) is 35.6 Å². The highest BCUT2D eigenvalue weighted by molar-refractivity contribution is 5.92. The summed E-state index contributed by atoms with van der Waals surface area (Å²) in [6, 6.07) is 5.34. The Morgan fingerprint density at radius 1 is 1.29 bits per heavy atom. The molecule has 0 atom stereocenters. The zero-order valence-electron chi connectivity index (χ0n) is 12.2. The van der Waals surface area contributed by atoms with Crippen LogP contribution in [0.25, 0.3) is 0 Å². The van der Waals surface area contributed by atoms with Crippen molar-refractivity contribution < 1.29 is 9.32 Å². The minimum atomic E-state index is -0.213. The Labute approximate surface area is 123 Å². The van der Waals surface area contributed by atoms with Crippen molar-refractivity contribution >= 4 is 11.7 Å². The van der Waals surface area contributed by atoms with Crippen molar-refractivity contribution in [1.82, 2.24) is 20.4 Å². The molecule has 0 spiro atoms. The number of nitrogens with one attached hydrogen (secondary N) is 2. The van der Waals surface area contributed by atoms with Gasteiger partial charge in [0.05, 0.1) is 0 Å². The monoisotopic (exact) mass is 289 g/mol. The second-order valence-corrected chi connectivity index (χ2v) is 4.57. The molecule has 0 unspecified atom stereocenters. The van der Waals surface area contributed by atoms with Gasteiger partial charge in [0.15, 0.2) is 5.82 Å². The van der Waals surface area contributed by atoms with E-state index >= 15 is 0 Å². The molecule has 0 aliphatic carbocycles. The second kappa shape index (κ2) is 7.37. The first-order chi connectivity index (χ1) is 10.2. The number of rotatable bonds is 7. The predicted molar refractivity (Wildman–Crippen MR) is 78.1 cm³/mol. The van der Waals surface area contributed by atoms with Gasteiger partial charge in [0.1, 0.15) is 11.5 Å². The fourth-order valence-electron chi connectivity index (χ4n) is 1.73. The van der Waals surface area contributed by atoms with E-state index in [0.717, 1.165) is 13.0 Å². The van der Waals surface area contributed by atoms with Gasteiger partial charge >= 0.3 is 0 Å². The molecule has 0 saturated carbocycles. The Morgan fingerprint density at radius 3 is 2.86 bits per heavy atom. The summed E-state index contributed by atoms with van der Waals surface area (Å²) in [7, 11) is 0. The summed E-state index contributed by atoms with van der Waals surface area (Å²) in [6.45, 7) is 5.07. The van der Waals surface area contributed by atoms with Crippen LogP contribution in [0.15, 0.2) is 22.7 Å². The first kappa shape index (κ1) is 15.0. The van der Waals surface area contributed by atoms with Crippen molar-refractivity contribution in [3.8, 4) is 0 Å². The van der Waals surface area contributed by atoms with E-state index in [2.05, 4.69) is 32.7 Å². The summed E-state index contributed by atoms with van der Waals surface area (Å²) < 4.78 is 4.87. The van der Waals surface area contributed by atoms with Gasteiger partial charge in [-0.3, -0.25) is 4.79 Å². The maximum Gasteiger partial charge on any atom is 0.269 e. The standard InChI is InChI=1S/C14H19N5O2/c1-3-8-15-12-6-4-5-11(18-12)14(20)16-9-7-13-17-10(2)21-19-13/h4-6H,3,7-9H2,1-2H3,(H,15,18)(H,16,20). The Bertz CT molecular complexity index is 597. The Morgan fingerprint density at radius 2 is 2.14 bits per heavy atom. The van der Waals surface area contributed by atoms with Crippen molar-refractivity contribution in [1.29, 1.82) is 0 Å². The average Bonchev–Trinajstić information content (AvgIpc) is 2.91. The molecule has 0 aromatic carbocycles. The summed E-state index contributed by atoms with van der Waals surface area (Å²) in [6.07, 6.45) is 1.53. The van der Waals surface area contributed by atoms with Crippen LogP contribution in [0.4, 0.5) is 5.82 Å². The molecule has 112 valence electrons. The van der Waals surface area contributed by atoms with Crippen LogP contribution in [0, 0.1) is 6.92 Å². The lowest BCUT2D eigenvalue weighted by molar-refractivity contribution is 0.0949. The quantitative estimate of drug-likeness (QED) is 0.803. The number of carbonyl (C=O) groups excluding carboxylic acids is 1. The smallest absolute Gasteiger partial charge is 0.269 e. The van der Waals surface area contributed by atoms with Crippen LogP contribution in [0.3, 0.4) is 0 Å². The van der Waals surface area contributed by atoms with Crippen LogP contribution in [-0.4, -0.2) is 34.1 Å². The number of amides is 1. The Balaban J connectivity index is 1.85. The number of aryl methyl sites for hydroxylation is 1. The summed E-state index contributed by atoms with van der Waals surface area (Å²) in [5.74, 6) is 1.60. The van der Waals surface area contributed by atoms with E-state index in [0.29, 0.717) is 36.2 Å². The van der Waals surface area contributed by atoms with Crippen molar-refractivity contribution in [3.63, 3.8) is 0 Å². The summed E-state index contributed by atoms with van der Waals surface area (Å²) >= 11 is 0. The van der Waals surface area contributed by atoms with Gasteiger partial charge in [0.2, 0.25) is 5.89 Å². The molecule has 2 heterocycles. The van der Waals surface area contributed by atoms with E-state index in [1.165, 1.54) is 0 Å². The number of hydrogen-bond donors (Lipinski definition) is 2. The van der Waals surface area contributed by atoms with Crippen LogP contribution in [0.2, 0.25) is 0 Å². The second-order valence-electron chi connectivity index (χ2n) is 4.57. The molecule has 2 aromatic heterocycles. The van der Waals surface area contributed by atoms with E-state index < -0.39 is 0 Å². The van der Waals surface area contributed by atoms with E-state index in [-0.39, 0.29) is 5.91 Å². The summed E-state index contributed by atoms with van der Waals surface area (Å²) in [4.78, 5) is 20.3. The van der Waals surface area contributed by atoms with Crippen molar-refractivity contribution in [2.75, 3.05) is 18.4 Å².